The third kappa shape index (κ3) is 4.78. The number of hydrogen-bond acceptors (Lipinski definition) is 5. The molecular formula is C23H24ClFN2O4. The van der Waals surface area contributed by atoms with Crippen molar-refractivity contribution in [3.63, 3.8) is 0 Å². The Hall–Kier alpha value is -2.77. The molecule has 1 spiro atoms. The number of piperidine rings is 1. The highest BCUT2D eigenvalue weighted by molar-refractivity contribution is 6.20. The maximum Gasteiger partial charge on any atom is 0.422 e. The number of ketones is 1. The van der Waals surface area contributed by atoms with Gasteiger partial charge in [-0.3, -0.25) is 9.59 Å². The molecule has 6 nitrogen and oxygen atoms in total. The van der Waals surface area contributed by atoms with Crippen molar-refractivity contribution in [1.82, 2.24) is 4.90 Å². The molecule has 0 bridgehead atoms. The van der Waals surface area contributed by atoms with Gasteiger partial charge in [0.05, 0.1) is 5.69 Å². The zero-order valence-corrected chi connectivity index (χ0v) is 17.8. The summed E-state index contributed by atoms with van der Waals surface area (Å²) in [5.41, 5.74) is -0.0579. The smallest absolute Gasteiger partial charge is 0.422 e. The van der Waals surface area contributed by atoms with Crippen LogP contribution in [-0.2, 0) is 9.53 Å². The Balaban J connectivity index is 0.00000272. The molecular weight excluding hydrogens is 423 g/mol. The maximum absolute atomic E-state index is 13.0. The van der Waals surface area contributed by atoms with Crippen LogP contribution in [0.1, 0.15) is 36.0 Å². The SMILES string of the molecule is Cl.O=C(CCCN1CCC2(CC1)OC(=O)N(c1ccccc1)C2=O)c1ccc(F)cc1. The quantitative estimate of drug-likeness (QED) is 0.621. The van der Waals surface area contributed by atoms with Crippen molar-refractivity contribution in [1.29, 1.82) is 0 Å². The lowest BCUT2D eigenvalue weighted by atomic mass is 9.90. The van der Waals surface area contributed by atoms with Crippen molar-refractivity contribution >= 4 is 35.9 Å². The fourth-order valence-corrected chi connectivity index (χ4v) is 4.04. The molecule has 0 atom stereocenters. The fourth-order valence-electron chi connectivity index (χ4n) is 4.04. The van der Waals surface area contributed by atoms with Gasteiger partial charge in [-0.15, -0.1) is 12.4 Å². The lowest BCUT2D eigenvalue weighted by Crippen LogP contribution is -2.50. The van der Waals surface area contributed by atoms with Gasteiger partial charge in [0.15, 0.2) is 11.4 Å². The second-order valence-electron chi connectivity index (χ2n) is 7.71. The Bertz CT molecular complexity index is 944. The van der Waals surface area contributed by atoms with E-state index in [1.165, 1.54) is 24.3 Å². The minimum atomic E-state index is -1.09. The Morgan fingerprint density at radius 1 is 1.00 bits per heavy atom. The monoisotopic (exact) mass is 446 g/mol. The van der Waals surface area contributed by atoms with Crippen LogP contribution in [0.25, 0.3) is 0 Å². The van der Waals surface area contributed by atoms with E-state index in [-0.39, 0.29) is 29.9 Å². The highest BCUT2D eigenvalue weighted by Crippen LogP contribution is 2.36. The van der Waals surface area contributed by atoms with Gasteiger partial charge in [0, 0.05) is 37.9 Å². The Kier molecular flexibility index (Phi) is 7.08. The van der Waals surface area contributed by atoms with E-state index < -0.39 is 11.7 Å². The standard InChI is InChI=1S/C23H23FN2O4.ClH/c24-18-10-8-17(9-11-18)20(27)7-4-14-25-15-12-23(13-16-25)21(28)26(22(29)30-23)19-5-2-1-3-6-19;/h1-3,5-6,8-11H,4,7,12-16H2;1H. The molecule has 31 heavy (non-hydrogen) atoms. The van der Waals surface area contributed by atoms with Crippen LogP contribution in [0.5, 0.6) is 0 Å². The van der Waals surface area contributed by atoms with Crippen LogP contribution < -0.4 is 4.90 Å². The van der Waals surface area contributed by atoms with Crippen molar-refractivity contribution in [2.75, 3.05) is 24.5 Å². The van der Waals surface area contributed by atoms with Gasteiger partial charge in [0.2, 0.25) is 0 Å². The van der Waals surface area contributed by atoms with E-state index in [2.05, 4.69) is 4.90 Å². The third-order valence-electron chi connectivity index (χ3n) is 5.78. The number of benzene rings is 2. The molecule has 2 aliphatic heterocycles. The van der Waals surface area contributed by atoms with Gasteiger partial charge in [-0.25, -0.2) is 14.1 Å². The van der Waals surface area contributed by atoms with Crippen LogP contribution in [-0.4, -0.2) is 47.9 Å². The van der Waals surface area contributed by atoms with Gasteiger partial charge in [-0.1, -0.05) is 18.2 Å². The molecule has 2 aliphatic rings. The number of para-hydroxylation sites is 1. The molecule has 2 aromatic carbocycles. The van der Waals surface area contributed by atoms with E-state index in [9.17, 15) is 18.8 Å². The summed E-state index contributed by atoms with van der Waals surface area (Å²) in [4.78, 5) is 40.8. The normalized spacial score (nSPS) is 18.0. The highest BCUT2D eigenvalue weighted by atomic mass is 35.5. The number of likely N-dealkylation sites (tertiary alicyclic amines) is 1. The Morgan fingerprint density at radius 2 is 1.65 bits per heavy atom. The molecule has 8 heteroatoms. The number of nitrogens with zero attached hydrogens (tertiary/aromatic N) is 2. The van der Waals surface area contributed by atoms with E-state index in [0.29, 0.717) is 56.6 Å². The third-order valence-corrected chi connectivity index (χ3v) is 5.78. The number of imide groups is 1. The number of anilines is 1. The van der Waals surface area contributed by atoms with E-state index in [0.717, 1.165) is 4.90 Å². The Morgan fingerprint density at radius 3 is 2.29 bits per heavy atom. The highest BCUT2D eigenvalue weighted by Gasteiger charge is 2.55. The van der Waals surface area contributed by atoms with Crippen molar-refractivity contribution in [3.05, 3.63) is 66.0 Å². The van der Waals surface area contributed by atoms with E-state index in [1.807, 2.05) is 6.07 Å². The molecule has 0 saturated carbocycles. The zero-order chi connectivity index (χ0) is 21.1. The fraction of sp³-hybridized carbons (Fsp3) is 0.348. The van der Waals surface area contributed by atoms with Crippen LogP contribution in [0.4, 0.5) is 14.9 Å². The summed E-state index contributed by atoms with van der Waals surface area (Å²) in [6, 6.07) is 14.4. The average molecular weight is 447 g/mol. The number of rotatable bonds is 6. The van der Waals surface area contributed by atoms with Gasteiger partial charge in [0.25, 0.3) is 5.91 Å². The lowest BCUT2D eigenvalue weighted by molar-refractivity contribution is -0.133. The molecule has 2 heterocycles. The summed E-state index contributed by atoms with van der Waals surface area (Å²) in [6.45, 7) is 1.95. The summed E-state index contributed by atoms with van der Waals surface area (Å²) >= 11 is 0. The topological polar surface area (TPSA) is 66.9 Å². The average Bonchev–Trinajstić information content (AvgIpc) is 3.00. The van der Waals surface area contributed by atoms with Crippen LogP contribution >= 0.6 is 12.4 Å². The van der Waals surface area contributed by atoms with Crippen molar-refractivity contribution in [2.45, 2.75) is 31.3 Å². The number of amides is 2. The molecule has 2 aromatic rings. The number of ether oxygens (including phenoxy) is 1. The summed E-state index contributed by atoms with van der Waals surface area (Å²) < 4.78 is 18.5. The number of halogens is 2. The van der Waals surface area contributed by atoms with E-state index in [1.54, 1.807) is 24.3 Å². The number of carbonyl (C=O) groups is 3. The summed E-state index contributed by atoms with van der Waals surface area (Å²) in [5, 5.41) is 0. The predicted molar refractivity (Wildman–Crippen MR) is 116 cm³/mol. The second kappa shape index (κ2) is 9.58. The molecule has 2 saturated heterocycles. The summed E-state index contributed by atoms with van der Waals surface area (Å²) in [7, 11) is 0. The molecule has 2 amide bonds. The molecule has 2 fully saturated rings. The molecule has 0 aromatic heterocycles. The summed E-state index contributed by atoms with van der Waals surface area (Å²) in [5.74, 6) is -0.673. The second-order valence-corrected chi connectivity index (χ2v) is 7.71. The molecule has 0 aliphatic carbocycles. The van der Waals surface area contributed by atoms with Crippen molar-refractivity contribution in [2.24, 2.45) is 0 Å². The zero-order valence-electron chi connectivity index (χ0n) is 17.0. The number of carbonyl (C=O) groups excluding carboxylic acids is 3. The van der Waals surface area contributed by atoms with Crippen molar-refractivity contribution in [3.8, 4) is 0 Å². The molecule has 0 N–H and O–H groups in total. The van der Waals surface area contributed by atoms with Crippen LogP contribution in [0.3, 0.4) is 0 Å². The molecule has 0 radical (unpaired) electrons. The first-order valence-electron chi connectivity index (χ1n) is 10.1. The predicted octanol–water partition coefficient (Wildman–Crippen LogP) is 4.23. The van der Waals surface area contributed by atoms with Crippen LogP contribution in [0.15, 0.2) is 54.6 Å². The van der Waals surface area contributed by atoms with Crippen LogP contribution in [0.2, 0.25) is 0 Å². The lowest BCUT2D eigenvalue weighted by Gasteiger charge is -2.36. The molecule has 4 rings (SSSR count). The van der Waals surface area contributed by atoms with Gasteiger partial charge in [0.1, 0.15) is 5.82 Å². The molecule has 0 unspecified atom stereocenters. The van der Waals surface area contributed by atoms with E-state index in [4.69, 9.17) is 4.74 Å². The summed E-state index contributed by atoms with van der Waals surface area (Å²) in [6.07, 6.45) is 1.31. The van der Waals surface area contributed by atoms with Gasteiger partial charge >= 0.3 is 6.09 Å². The first kappa shape index (κ1) is 22.9. The van der Waals surface area contributed by atoms with E-state index >= 15 is 0 Å². The number of hydrogen-bond donors (Lipinski definition) is 0. The van der Waals surface area contributed by atoms with Gasteiger partial charge < -0.3 is 9.64 Å². The first-order valence-corrected chi connectivity index (χ1v) is 10.1. The Labute approximate surface area is 186 Å². The van der Waals surface area contributed by atoms with Crippen molar-refractivity contribution < 1.29 is 23.5 Å². The van der Waals surface area contributed by atoms with Crippen LogP contribution in [0, 0.1) is 5.82 Å². The van der Waals surface area contributed by atoms with Gasteiger partial charge in [-0.2, -0.15) is 0 Å². The number of Topliss-reactive ketones (excluding diaryl/α,β-unsaturated/α-hetero) is 1. The van der Waals surface area contributed by atoms with Gasteiger partial charge in [-0.05, 0) is 49.4 Å². The molecule has 164 valence electrons. The largest absolute Gasteiger partial charge is 0.432 e. The first-order chi connectivity index (χ1) is 14.5. The minimum Gasteiger partial charge on any atom is -0.432 e. The minimum absolute atomic E-state index is 0. The maximum atomic E-state index is 13.0.